The minimum absolute atomic E-state index is 0.169. The molecular formula is C23H25NO2. The number of benzene rings is 2. The van der Waals surface area contributed by atoms with Crippen molar-refractivity contribution in [1.82, 2.24) is 5.32 Å². The first-order valence-electron chi connectivity index (χ1n) is 9.86. The van der Waals surface area contributed by atoms with Crippen LogP contribution in [-0.4, -0.2) is 23.2 Å². The molecule has 2 aromatic rings. The number of amides is 1. The molecule has 0 radical (unpaired) electrons. The zero-order valence-corrected chi connectivity index (χ0v) is 14.9. The summed E-state index contributed by atoms with van der Waals surface area (Å²) in [7, 11) is 0. The van der Waals surface area contributed by atoms with Crippen LogP contribution in [0.3, 0.4) is 0 Å². The van der Waals surface area contributed by atoms with Crippen LogP contribution in [0.25, 0.3) is 0 Å². The van der Waals surface area contributed by atoms with Gasteiger partial charge in [-0.05, 0) is 60.3 Å². The van der Waals surface area contributed by atoms with Crippen LogP contribution in [-0.2, 0) is 4.79 Å². The minimum Gasteiger partial charge on any atom is -0.380 e. The van der Waals surface area contributed by atoms with Crippen molar-refractivity contribution in [3.05, 3.63) is 70.8 Å². The van der Waals surface area contributed by atoms with Gasteiger partial charge in [0, 0.05) is 18.4 Å². The molecule has 0 heterocycles. The molecule has 2 aromatic carbocycles. The molecule has 3 nitrogen and oxygen atoms in total. The van der Waals surface area contributed by atoms with Gasteiger partial charge in [0.05, 0.1) is 0 Å². The third-order valence-electron chi connectivity index (χ3n) is 6.80. The molecule has 1 saturated carbocycles. The zero-order valence-electron chi connectivity index (χ0n) is 14.9. The topological polar surface area (TPSA) is 49.3 Å². The number of carbonyl (C=O) groups is 1. The molecule has 4 aliphatic rings. The Morgan fingerprint density at radius 2 is 1.50 bits per heavy atom. The highest BCUT2D eigenvalue weighted by Crippen LogP contribution is 2.55. The molecule has 6 rings (SSSR count). The molecule has 1 atom stereocenters. The van der Waals surface area contributed by atoms with Crippen LogP contribution >= 0.6 is 0 Å². The van der Waals surface area contributed by atoms with E-state index in [4.69, 9.17) is 0 Å². The Morgan fingerprint density at radius 3 is 2.08 bits per heavy atom. The number of hydrogen-bond donors (Lipinski definition) is 2. The molecule has 3 heteroatoms. The van der Waals surface area contributed by atoms with Gasteiger partial charge in [-0.25, -0.2) is 0 Å². The molecule has 1 unspecified atom stereocenters. The van der Waals surface area contributed by atoms with Crippen molar-refractivity contribution in [2.45, 2.75) is 49.5 Å². The molecule has 0 spiro atoms. The highest BCUT2D eigenvalue weighted by molar-refractivity contribution is 5.85. The lowest BCUT2D eigenvalue weighted by Crippen LogP contribution is -2.48. The van der Waals surface area contributed by atoms with Crippen molar-refractivity contribution in [1.29, 1.82) is 0 Å². The van der Waals surface area contributed by atoms with E-state index in [0.717, 1.165) is 19.3 Å². The monoisotopic (exact) mass is 347 g/mol. The summed E-state index contributed by atoms with van der Waals surface area (Å²) in [4.78, 5) is 12.5. The lowest BCUT2D eigenvalue weighted by Gasteiger charge is -2.45. The van der Waals surface area contributed by atoms with Crippen LogP contribution in [0.2, 0.25) is 0 Å². The van der Waals surface area contributed by atoms with Crippen LogP contribution in [0.1, 0.15) is 66.2 Å². The highest BCUT2D eigenvalue weighted by Gasteiger charge is 2.44. The highest BCUT2D eigenvalue weighted by atomic mass is 16.3. The molecule has 26 heavy (non-hydrogen) atoms. The van der Waals surface area contributed by atoms with Crippen molar-refractivity contribution >= 4 is 5.91 Å². The minimum atomic E-state index is -1.14. The maximum Gasteiger partial charge on any atom is 0.251 e. The van der Waals surface area contributed by atoms with Crippen molar-refractivity contribution in [2.75, 3.05) is 6.54 Å². The third kappa shape index (κ3) is 2.34. The first kappa shape index (κ1) is 16.1. The third-order valence-corrected chi connectivity index (χ3v) is 6.80. The Balaban J connectivity index is 1.43. The maximum atomic E-state index is 12.5. The second kappa shape index (κ2) is 5.95. The molecule has 0 saturated heterocycles. The summed E-state index contributed by atoms with van der Waals surface area (Å²) in [5.74, 6) is 0.978. The van der Waals surface area contributed by atoms with Gasteiger partial charge in [0.1, 0.15) is 5.60 Å². The summed E-state index contributed by atoms with van der Waals surface area (Å²) in [5, 5.41) is 13.6. The average molecular weight is 347 g/mol. The van der Waals surface area contributed by atoms with Crippen LogP contribution < -0.4 is 5.32 Å². The number of fused-ring (bicyclic) bond motifs is 1. The summed E-state index contributed by atoms with van der Waals surface area (Å²) >= 11 is 0. The summed E-state index contributed by atoms with van der Waals surface area (Å²) in [5.41, 5.74) is 4.60. The van der Waals surface area contributed by atoms with Gasteiger partial charge in [-0.3, -0.25) is 4.79 Å². The van der Waals surface area contributed by atoms with Gasteiger partial charge in [-0.15, -0.1) is 0 Å². The van der Waals surface area contributed by atoms with E-state index in [0.29, 0.717) is 37.1 Å². The lowest BCUT2D eigenvalue weighted by molar-refractivity contribution is -0.139. The number of carbonyl (C=O) groups excluding carboxylic acids is 1. The van der Waals surface area contributed by atoms with Crippen molar-refractivity contribution < 1.29 is 9.90 Å². The normalized spacial score (nSPS) is 27.7. The molecule has 2 bridgehead atoms. The van der Waals surface area contributed by atoms with E-state index in [-0.39, 0.29) is 5.91 Å². The van der Waals surface area contributed by atoms with Crippen molar-refractivity contribution in [3.63, 3.8) is 0 Å². The number of hydrogen-bond acceptors (Lipinski definition) is 2. The van der Waals surface area contributed by atoms with E-state index in [2.05, 4.69) is 53.8 Å². The number of aliphatic hydroxyl groups is 1. The maximum absolute atomic E-state index is 12.5. The number of rotatable bonds is 3. The van der Waals surface area contributed by atoms with E-state index in [1.54, 1.807) is 0 Å². The Morgan fingerprint density at radius 1 is 0.962 bits per heavy atom. The van der Waals surface area contributed by atoms with Gasteiger partial charge in [0.25, 0.3) is 5.91 Å². The Bertz CT molecular complexity index is 805. The zero-order chi connectivity index (χ0) is 17.7. The Hall–Kier alpha value is -2.13. The van der Waals surface area contributed by atoms with E-state index >= 15 is 0 Å². The molecule has 4 aliphatic carbocycles. The number of nitrogens with one attached hydrogen (secondary N) is 1. The lowest BCUT2D eigenvalue weighted by atomic mass is 9.59. The molecular weight excluding hydrogens is 322 g/mol. The van der Waals surface area contributed by atoms with Gasteiger partial charge in [-0.2, -0.15) is 0 Å². The second-order valence-corrected chi connectivity index (χ2v) is 8.23. The Labute approximate surface area is 154 Å². The molecule has 1 fully saturated rings. The van der Waals surface area contributed by atoms with Crippen LogP contribution in [0, 0.1) is 5.92 Å². The molecule has 2 N–H and O–H groups in total. The Kier molecular flexibility index (Phi) is 3.68. The standard InChI is InChI=1S/C23H25NO2/c25-22(23(26)11-5-6-12-23)24-14-15-13-20-16-7-1-3-9-18(16)21(15)19-10-4-2-8-17(19)20/h1-4,7-10,15,20-21,26H,5-6,11-14H2,(H,24,25). The van der Waals surface area contributed by atoms with Crippen LogP contribution in [0.15, 0.2) is 48.5 Å². The fraction of sp³-hybridized carbons (Fsp3) is 0.435. The van der Waals surface area contributed by atoms with Gasteiger partial charge < -0.3 is 10.4 Å². The van der Waals surface area contributed by atoms with Crippen molar-refractivity contribution in [3.8, 4) is 0 Å². The van der Waals surface area contributed by atoms with Crippen LogP contribution in [0.4, 0.5) is 0 Å². The summed E-state index contributed by atoms with van der Waals surface area (Å²) < 4.78 is 0. The fourth-order valence-corrected chi connectivity index (χ4v) is 5.54. The van der Waals surface area contributed by atoms with E-state index < -0.39 is 5.60 Å². The summed E-state index contributed by atoms with van der Waals surface area (Å²) in [6.07, 6.45) is 4.15. The predicted octanol–water partition coefficient (Wildman–Crippen LogP) is 3.71. The van der Waals surface area contributed by atoms with Gasteiger partial charge >= 0.3 is 0 Å². The smallest absolute Gasteiger partial charge is 0.251 e. The van der Waals surface area contributed by atoms with E-state index in [9.17, 15) is 9.90 Å². The van der Waals surface area contributed by atoms with Crippen LogP contribution in [0.5, 0.6) is 0 Å². The molecule has 1 amide bonds. The first-order chi connectivity index (χ1) is 12.7. The average Bonchev–Trinajstić information content (AvgIpc) is 3.14. The SMILES string of the molecule is O=C(NCC1CC2c3ccccc3C1c1ccccc12)C1(O)CCCC1. The van der Waals surface area contributed by atoms with E-state index in [1.807, 2.05) is 0 Å². The first-order valence-corrected chi connectivity index (χ1v) is 9.86. The summed E-state index contributed by atoms with van der Waals surface area (Å²) in [6, 6.07) is 17.5. The van der Waals surface area contributed by atoms with Crippen molar-refractivity contribution in [2.24, 2.45) is 5.92 Å². The predicted molar refractivity (Wildman–Crippen MR) is 101 cm³/mol. The fourth-order valence-electron chi connectivity index (χ4n) is 5.54. The largest absolute Gasteiger partial charge is 0.380 e. The quantitative estimate of drug-likeness (QED) is 0.889. The van der Waals surface area contributed by atoms with Gasteiger partial charge in [-0.1, -0.05) is 48.5 Å². The van der Waals surface area contributed by atoms with Gasteiger partial charge in [0.15, 0.2) is 0 Å². The second-order valence-electron chi connectivity index (χ2n) is 8.23. The molecule has 0 aromatic heterocycles. The molecule has 0 aliphatic heterocycles. The molecule has 134 valence electrons. The van der Waals surface area contributed by atoms with E-state index in [1.165, 1.54) is 22.3 Å². The van der Waals surface area contributed by atoms with Gasteiger partial charge in [0.2, 0.25) is 0 Å². The summed E-state index contributed by atoms with van der Waals surface area (Å²) in [6.45, 7) is 0.644.